The zero-order chi connectivity index (χ0) is 8.48. The number of halogens is 1. The Labute approximate surface area is 82.9 Å². The number of hydrogen-bond acceptors (Lipinski definition) is 3. The predicted molar refractivity (Wildman–Crippen MR) is 57.9 cm³/mol. The van der Waals surface area contributed by atoms with E-state index in [-0.39, 0.29) is 18.2 Å². The van der Waals surface area contributed by atoms with E-state index in [1.54, 1.807) is 24.7 Å². The SMILES string of the molecule is CP(C)(=O)[C@@H](N)c1cccs1.Cl. The first-order chi connectivity index (χ1) is 5.02. The summed E-state index contributed by atoms with van der Waals surface area (Å²) in [4.78, 5) is 1.01. The fraction of sp³-hybridized carbons (Fsp3) is 0.429. The molecule has 0 spiro atoms. The highest BCUT2D eigenvalue weighted by Gasteiger charge is 2.20. The van der Waals surface area contributed by atoms with E-state index in [1.165, 1.54) is 0 Å². The Morgan fingerprint density at radius 2 is 2.17 bits per heavy atom. The van der Waals surface area contributed by atoms with Crippen LogP contribution in [0.2, 0.25) is 0 Å². The van der Waals surface area contributed by atoms with Crippen LogP contribution in [0.15, 0.2) is 17.5 Å². The minimum absolute atomic E-state index is 0. The molecule has 0 fully saturated rings. The molecule has 2 N–H and O–H groups in total. The summed E-state index contributed by atoms with van der Waals surface area (Å²) in [5.74, 6) is -0.275. The molecule has 1 aromatic rings. The molecule has 0 unspecified atom stereocenters. The Hall–Kier alpha value is 0.180. The lowest BCUT2D eigenvalue weighted by Crippen LogP contribution is -2.07. The van der Waals surface area contributed by atoms with E-state index >= 15 is 0 Å². The second-order valence-electron chi connectivity index (χ2n) is 2.89. The summed E-state index contributed by atoms with van der Waals surface area (Å²) in [7, 11) is -2.16. The number of hydrogen-bond donors (Lipinski definition) is 1. The van der Waals surface area contributed by atoms with Crippen LogP contribution >= 0.6 is 30.9 Å². The van der Waals surface area contributed by atoms with Gasteiger partial charge < -0.3 is 10.3 Å². The lowest BCUT2D eigenvalue weighted by molar-refractivity contribution is 0.575. The van der Waals surface area contributed by atoms with Crippen LogP contribution in [0.5, 0.6) is 0 Å². The van der Waals surface area contributed by atoms with Crippen LogP contribution in [0, 0.1) is 0 Å². The summed E-state index contributed by atoms with van der Waals surface area (Å²) in [5, 5.41) is 1.95. The minimum Gasteiger partial charge on any atom is -0.322 e. The van der Waals surface area contributed by atoms with Gasteiger partial charge in [-0.15, -0.1) is 23.7 Å². The van der Waals surface area contributed by atoms with Crippen LogP contribution < -0.4 is 5.73 Å². The Balaban J connectivity index is 0.00000121. The van der Waals surface area contributed by atoms with Crippen LogP contribution in [0.4, 0.5) is 0 Å². The summed E-state index contributed by atoms with van der Waals surface area (Å²) in [6, 6.07) is 3.85. The van der Waals surface area contributed by atoms with Gasteiger partial charge in [-0.3, -0.25) is 0 Å². The van der Waals surface area contributed by atoms with Gasteiger partial charge in [0.2, 0.25) is 0 Å². The van der Waals surface area contributed by atoms with Crippen molar-refractivity contribution in [2.75, 3.05) is 13.3 Å². The molecule has 2 nitrogen and oxygen atoms in total. The van der Waals surface area contributed by atoms with Crippen LogP contribution in [-0.2, 0) is 4.57 Å². The third kappa shape index (κ3) is 2.91. The molecular formula is C7H13ClNOPS. The first-order valence-electron chi connectivity index (χ1n) is 3.35. The third-order valence-corrected chi connectivity index (χ3v) is 4.25. The first-order valence-corrected chi connectivity index (χ1v) is 6.90. The van der Waals surface area contributed by atoms with E-state index in [9.17, 15) is 4.57 Å². The Morgan fingerprint density at radius 3 is 2.50 bits per heavy atom. The van der Waals surface area contributed by atoms with Gasteiger partial charge in [0.1, 0.15) is 7.14 Å². The molecule has 0 aliphatic carbocycles. The summed E-state index contributed by atoms with van der Waals surface area (Å²) >= 11 is 1.56. The van der Waals surface area contributed by atoms with Crippen molar-refractivity contribution in [3.05, 3.63) is 22.4 Å². The summed E-state index contributed by atoms with van der Waals surface area (Å²) in [6.07, 6.45) is 0. The third-order valence-electron chi connectivity index (χ3n) is 1.50. The standard InChI is InChI=1S/C7H12NOPS.ClH/c1-10(2,9)7(8)6-4-3-5-11-6;/h3-5,7H,8H2,1-2H3;1H/t7-;/m1./s1. The predicted octanol–water partition coefficient (Wildman–Crippen LogP) is 2.75. The fourth-order valence-electron chi connectivity index (χ4n) is 0.766. The molecule has 0 radical (unpaired) electrons. The molecule has 0 aliphatic rings. The Bertz CT molecular complexity index is 269. The van der Waals surface area contributed by atoms with Crippen LogP contribution in [0.3, 0.4) is 0 Å². The molecule has 1 rings (SSSR count). The van der Waals surface area contributed by atoms with Crippen molar-refractivity contribution in [1.82, 2.24) is 0 Å². The number of thiophene rings is 1. The van der Waals surface area contributed by atoms with Crippen LogP contribution in [-0.4, -0.2) is 13.3 Å². The van der Waals surface area contributed by atoms with Gasteiger partial charge in [0, 0.05) is 4.88 Å². The van der Waals surface area contributed by atoms with E-state index in [1.807, 2.05) is 17.5 Å². The normalized spacial score (nSPS) is 13.6. The van der Waals surface area contributed by atoms with Gasteiger partial charge in [-0.2, -0.15) is 0 Å². The second-order valence-corrected chi connectivity index (χ2v) is 7.30. The average molecular weight is 226 g/mol. The van der Waals surface area contributed by atoms with Crippen molar-refractivity contribution in [2.45, 2.75) is 5.78 Å². The summed E-state index contributed by atoms with van der Waals surface area (Å²) in [5.41, 5.74) is 5.76. The largest absolute Gasteiger partial charge is 0.322 e. The molecule has 5 heteroatoms. The van der Waals surface area contributed by atoms with E-state index in [0.29, 0.717) is 0 Å². The highest BCUT2D eigenvalue weighted by Crippen LogP contribution is 2.50. The minimum atomic E-state index is -2.16. The monoisotopic (exact) mass is 225 g/mol. The van der Waals surface area contributed by atoms with Crippen molar-refractivity contribution in [3.8, 4) is 0 Å². The lowest BCUT2D eigenvalue weighted by atomic mass is 10.5. The molecule has 12 heavy (non-hydrogen) atoms. The van der Waals surface area contributed by atoms with E-state index < -0.39 is 7.14 Å². The van der Waals surface area contributed by atoms with Crippen molar-refractivity contribution >= 4 is 30.9 Å². The maximum Gasteiger partial charge on any atom is 0.103 e. The molecular weight excluding hydrogens is 213 g/mol. The molecule has 0 amide bonds. The van der Waals surface area contributed by atoms with Crippen molar-refractivity contribution in [2.24, 2.45) is 5.73 Å². The lowest BCUT2D eigenvalue weighted by Gasteiger charge is -2.13. The van der Waals surface area contributed by atoms with Gasteiger partial charge in [0.25, 0.3) is 0 Å². The quantitative estimate of drug-likeness (QED) is 0.787. The maximum absolute atomic E-state index is 11.5. The van der Waals surface area contributed by atoms with Crippen molar-refractivity contribution in [1.29, 1.82) is 0 Å². The van der Waals surface area contributed by atoms with Crippen molar-refractivity contribution < 1.29 is 4.57 Å². The van der Waals surface area contributed by atoms with Gasteiger partial charge in [0.05, 0.1) is 5.78 Å². The molecule has 1 heterocycles. The van der Waals surface area contributed by atoms with Gasteiger partial charge in [-0.25, -0.2) is 0 Å². The van der Waals surface area contributed by atoms with Gasteiger partial charge in [-0.05, 0) is 24.8 Å². The van der Waals surface area contributed by atoms with Crippen molar-refractivity contribution in [3.63, 3.8) is 0 Å². The van der Waals surface area contributed by atoms with Gasteiger partial charge in [0.15, 0.2) is 0 Å². The average Bonchev–Trinajstić information content (AvgIpc) is 2.34. The molecule has 0 aromatic carbocycles. The fourth-order valence-corrected chi connectivity index (χ4v) is 3.02. The van der Waals surface area contributed by atoms with Crippen LogP contribution in [0.25, 0.3) is 0 Å². The molecule has 0 aliphatic heterocycles. The van der Waals surface area contributed by atoms with E-state index in [2.05, 4.69) is 0 Å². The Morgan fingerprint density at radius 1 is 1.58 bits per heavy atom. The first kappa shape index (κ1) is 12.2. The second kappa shape index (κ2) is 4.43. The molecule has 0 saturated heterocycles. The molecule has 0 bridgehead atoms. The zero-order valence-electron chi connectivity index (χ0n) is 7.06. The van der Waals surface area contributed by atoms with E-state index in [0.717, 1.165) is 4.88 Å². The molecule has 70 valence electrons. The van der Waals surface area contributed by atoms with Crippen LogP contribution in [0.1, 0.15) is 10.7 Å². The highest BCUT2D eigenvalue weighted by atomic mass is 35.5. The zero-order valence-corrected chi connectivity index (χ0v) is 9.59. The molecule has 0 saturated carbocycles. The topological polar surface area (TPSA) is 43.1 Å². The Kier molecular flexibility index (Phi) is 4.49. The summed E-state index contributed by atoms with van der Waals surface area (Å²) in [6.45, 7) is 3.44. The molecule has 1 atom stereocenters. The number of rotatable bonds is 2. The molecule has 1 aromatic heterocycles. The van der Waals surface area contributed by atoms with Gasteiger partial charge in [-0.1, -0.05) is 6.07 Å². The number of nitrogens with two attached hydrogens (primary N) is 1. The maximum atomic E-state index is 11.5. The smallest absolute Gasteiger partial charge is 0.103 e. The highest BCUT2D eigenvalue weighted by molar-refractivity contribution is 7.62. The van der Waals surface area contributed by atoms with E-state index in [4.69, 9.17) is 5.73 Å². The summed E-state index contributed by atoms with van der Waals surface area (Å²) < 4.78 is 11.5. The van der Waals surface area contributed by atoms with Gasteiger partial charge >= 0.3 is 0 Å².